The van der Waals surface area contributed by atoms with Gasteiger partial charge in [-0.3, -0.25) is 0 Å². The monoisotopic (exact) mass is 328 g/mol. The summed E-state index contributed by atoms with van der Waals surface area (Å²) in [4.78, 5) is 0. The van der Waals surface area contributed by atoms with Gasteiger partial charge in [-0.25, -0.2) is 0 Å². The molecular weight excluding hydrogens is 304 g/mol. The lowest BCUT2D eigenvalue weighted by Gasteiger charge is -2.32. The van der Waals surface area contributed by atoms with Crippen LogP contribution in [0.4, 0.5) is 0 Å². The fourth-order valence-electron chi connectivity index (χ4n) is 4.28. The van der Waals surface area contributed by atoms with Crippen LogP contribution in [-0.4, -0.2) is 5.11 Å². The topological polar surface area (TPSA) is 20.2 Å². The summed E-state index contributed by atoms with van der Waals surface area (Å²) in [5.74, 6) is 0.113. The zero-order valence-corrected chi connectivity index (χ0v) is 14.7. The molecule has 0 spiro atoms. The Morgan fingerprint density at radius 3 is 2.17 bits per heavy atom. The molecule has 0 heterocycles. The van der Waals surface area contributed by atoms with Gasteiger partial charge >= 0.3 is 0 Å². The van der Waals surface area contributed by atoms with Crippen molar-refractivity contribution in [1.29, 1.82) is 0 Å². The molecule has 1 aliphatic carbocycles. The smallest absolute Gasteiger partial charge is 0.0970 e. The van der Waals surface area contributed by atoms with Gasteiger partial charge in [0.2, 0.25) is 0 Å². The van der Waals surface area contributed by atoms with E-state index < -0.39 is 5.60 Å². The van der Waals surface area contributed by atoms with Crippen LogP contribution in [0.3, 0.4) is 0 Å². The summed E-state index contributed by atoms with van der Waals surface area (Å²) in [7, 11) is 0. The predicted molar refractivity (Wildman–Crippen MR) is 96.8 cm³/mol. The van der Waals surface area contributed by atoms with Gasteiger partial charge in [-0.05, 0) is 41.5 Å². The molecule has 2 aromatic carbocycles. The zero-order chi connectivity index (χ0) is 16.5. The summed E-state index contributed by atoms with van der Waals surface area (Å²) in [6, 6.07) is 18.2. The molecule has 1 fully saturated rings. The van der Waals surface area contributed by atoms with E-state index in [-0.39, 0.29) is 11.3 Å². The van der Waals surface area contributed by atoms with Crippen LogP contribution < -0.4 is 0 Å². The van der Waals surface area contributed by atoms with E-state index in [1.165, 1.54) is 5.56 Å². The summed E-state index contributed by atoms with van der Waals surface area (Å²) in [6.45, 7) is 4.50. The van der Waals surface area contributed by atoms with Crippen LogP contribution in [0.2, 0.25) is 5.02 Å². The SMILES string of the molecule is CCC1(CC)C[C@@H](c2ccc(Cl)cc2)[C@@](O)(c2ccccc2)C1. The molecule has 0 amide bonds. The molecule has 0 aliphatic heterocycles. The van der Waals surface area contributed by atoms with Crippen molar-refractivity contribution in [3.8, 4) is 0 Å². The minimum atomic E-state index is -0.804. The van der Waals surface area contributed by atoms with Crippen LogP contribution in [0, 0.1) is 5.41 Å². The van der Waals surface area contributed by atoms with Gasteiger partial charge in [-0.2, -0.15) is 0 Å². The Bertz CT molecular complexity index is 645. The second-order valence-corrected chi connectivity index (χ2v) is 7.42. The first-order valence-corrected chi connectivity index (χ1v) is 8.94. The average molecular weight is 329 g/mol. The van der Waals surface area contributed by atoms with Gasteiger partial charge < -0.3 is 5.11 Å². The van der Waals surface area contributed by atoms with Gasteiger partial charge in [0.25, 0.3) is 0 Å². The number of benzene rings is 2. The summed E-state index contributed by atoms with van der Waals surface area (Å²) in [5, 5.41) is 12.5. The molecular formula is C21H25ClO. The fraction of sp³-hybridized carbons (Fsp3) is 0.429. The normalized spacial score (nSPS) is 26.3. The molecule has 0 radical (unpaired) electrons. The molecule has 0 aromatic heterocycles. The van der Waals surface area contributed by atoms with E-state index in [0.717, 1.165) is 36.3 Å². The molecule has 2 atom stereocenters. The lowest BCUT2D eigenvalue weighted by molar-refractivity contribution is 0.0142. The van der Waals surface area contributed by atoms with Gasteiger partial charge in [0.15, 0.2) is 0 Å². The van der Waals surface area contributed by atoms with Crippen LogP contribution in [0.5, 0.6) is 0 Å². The maximum Gasteiger partial charge on any atom is 0.0970 e. The molecule has 23 heavy (non-hydrogen) atoms. The molecule has 2 aromatic rings. The van der Waals surface area contributed by atoms with Crippen molar-refractivity contribution in [3.05, 3.63) is 70.7 Å². The number of aliphatic hydroxyl groups is 1. The van der Waals surface area contributed by atoms with E-state index in [1.54, 1.807) is 0 Å². The van der Waals surface area contributed by atoms with E-state index in [4.69, 9.17) is 11.6 Å². The minimum Gasteiger partial charge on any atom is -0.385 e. The number of halogens is 1. The molecule has 122 valence electrons. The Labute approximate surface area is 144 Å². The maximum atomic E-state index is 11.7. The Balaban J connectivity index is 2.08. The van der Waals surface area contributed by atoms with E-state index in [2.05, 4.69) is 38.1 Å². The average Bonchev–Trinajstić information content (AvgIpc) is 2.91. The van der Waals surface area contributed by atoms with Crippen molar-refractivity contribution < 1.29 is 5.11 Å². The van der Waals surface area contributed by atoms with E-state index in [1.807, 2.05) is 30.3 Å². The molecule has 1 aliphatic rings. The Morgan fingerprint density at radius 2 is 1.61 bits per heavy atom. The van der Waals surface area contributed by atoms with Gasteiger partial charge in [0.05, 0.1) is 5.60 Å². The summed E-state index contributed by atoms with van der Waals surface area (Å²) in [5.41, 5.74) is 1.61. The third-order valence-electron chi connectivity index (χ3n) is 5.90. The molecule has 2 heteroatoms. The molecule has 1 saturated carbocycles. The number of hydrogen-bond acceptors (Lipinski definition) is 1. The minimum absolute atomic E-state index is 0.113. The third-order valence-corrected chi connectivity index (χ3v) is 6.16. The van der Waals surface area contributed by atoms with E-state index in [9.17, 15) is 5.11 Å². The molecule has 1 N–H and O–H groups in total. The molecule has 1 nitrogen and oxygen atoms in total. The highest BCUT2D eigenvalue weighted by Crippen LogP contribution is 2.59. The van der Waals surface area contributed by atoms with Gasteiger partial charge in [-0.15, -0.1) is 0 Å². The van der Waals surface area contributed by atoms with Gasteiger partial charge in [-0.1, -0.05) is 80.8 Å². The van der Waals surface area contributed by atoms with Crippen molar-refractivity contribution in [1.82, 2.24) is 0 Å². The van der Waals surface area contributed by atoms with Gasteiger partial charge in [0.1, 0.15) is 0 Å². The van der Waals surface area contributed by atoms with Crippen LogP contribution in [0.1, 0.15) is 56.6 Å². The van der Waals surface area contributed by atoms with Crippen molar-refractivity contribution >= 4 is 11.6 Å². The standard InChI is InChI=1S/C21H25ClO/c1-3-20(4-2)14-19(16-10-12-18(22)13-11-16)21(23,15-20)17-8-6-5-7-9-17/h5-13,19,23H,3-4,14-15H2,1-2H3/t19-,21-/m0/s1. The molecule has 0 unspecified atom stereocenters. The first kappa shape index (κ1) is 16.5. The Kier molecular flexibility index (Phi) is 4.53. The second-order valence-electron chi connectivity index (χ2n) is 6.98. The van der Waals surface area contributed by atoms with Crippen LogP contribution in [0.15, 0.2) is 54.6 Å². The second kappa shape index (κ2) is 6.30. The Morgan fingerprint density at radius 1 is 1.00 bits per heavy atom. The summed E-state index contributed by atoms with van der Waals surface area (Å²) >= 11 is 6.05. The number of hydrogen-bond donors (Lipinski definition) is 1. The highest BCUT2D eigenvalue weighted by molar-refractivity contribution is 6.30. The maximum absolute atomic E-state index is 11.7. The van der Waals surface area contributed by atoms with Crippen molar-refractivity contribution in [2.45, 2.75) is 51.0 Å². The van der Waals surface area contributed by atoms with Crippen LogP contribution in [-0.2, 0) is 5.60 Å². The first-order valence-electron chi connectivity index (χ1n) is 8.56. The van der Waals surface area contributed by atoms with Crippen molar-refractivity contribution in [2.24, 2.45) is 5.41 Å². The lowest BCUT2D eigenvalue weighted by Crippen LogP contribution is -2.29. The molecule has 0 bridgehead atoms. The molecule has 0 saturated heterocycles. The third kappa shape index (κ3) is 2.93. The predicted octanol–water partition coefficient (Wildman–Crippen LogP) is 5.91. The summed E-state index contributed by atoms with van der Waals surface area (Å²) < 4.78 is 0. The quantitative estimate of drug-likeness (QED) is 0.739. The van der Waals surface area contributed by atoms with Crippen LogP contribution >= 0.6 is 11.6 Å². The van der Waals surface area contributed by atoms with E-state index >= 15 is 0 Å². The highest BCUT2D eigenvalue weighted by atomic mass is 35.5. The summed E-state index contributed by atoms with van der Waals surface area (Å²) in [6.07, 6.45) is 4.04. The lowest BCUT2D eigenvalue weighted by atomic mass is 9.78. The van der Waals surface area contributed by atoms with E-state index in [0.29, 0.717) is 0 Å². The van der Waals surface area contributed by atoms with Crippen molar-refractivity contribution in [2.75, 3.05) is 0 Å². The molecule has 3 rings (SSSR count). The number of rotatable bonds is 4. The Hall–Kier alpha value is -1.31. The van der Waals surface area contributed by atoms with Crippen molar-refractivity contribution in [3.63, 3.8) is 0 Å². The largest absolute Gasteiger partial charge is 0.385 e. The highest BCUT2D eigenvalue weighted by Gasteiger charge is 2.53. The zero-order valence-electron chi connectivity index (χ0n) is 13.9. The first-order chi connectivity index (χ1) is 11.0. The van der Waals surface area contributed by atoms with Crippen LogP contribution in [0.25, 0.3) is 0 Å². The fourth-order valence-corrected chi connectivity index (χ4v) is 4.40. The van der Waals surface area contributed by atoms with Gasteiger partial charge in [0, 0.05) is 10.9 Å².